The fourth-order valence-corrected chi connectivity index (χ4v) is 7.44. The number of Topliss-reactive ketones (excluding diaryl/α,β-unsaturated/α-hetero) is 2. The summed E-state index contributed by atoms with van der Waals surface area (Å²) in [6.07, 6.45) is 1.03. The standard InChI is InChI=1S/C48H45Cl5N8O8/c1-25(51)35-24-34(56-47(66)43(26(2)62)60-58-39-22-30(6-11-36(39)52)45(64)54-32-9-14-41(68-4)28(20-32)16-18-49)8-13-38(35)57-48(67)44(27(3)63)61-59-40-23-31(7-12-37(40)53)46(65)55-33-10-15-42(69-5)29(21-33)17-19-50/h6-15,20-25,43-44H,16-19H2,1-5H3,(H,54,64)(H,55,65)(H,56,66)(H,57,67). The third kappa shape index (κ3) is 14.5. The minimum atomic E-state index is -1.65. The maximum Gasteiger partial charge on any atom is 0.258 e. The number of nitrogens with one attached hydrogen (secondary N) is 4. The molecule has 69 heavy (non-hydrogen) atoms. The van der Waals surface area contributed by atoms with E-state index >= 15 is 0 Å². The van der Waals surface area contributed by atoms with Crippen LogP contribution in [0, 0.1) is 0 Å². The summed E-state index contributed by atoms with van der Waals surface area (Å²) in [7, 11) is 3.08. The van der Waals surface area contributed by atoms with Gasteiger partial charge in [0, 0.05) is 45.6 Å². The van der Waals surface area contributed by atoms with Gasteiger partial charge in [-0.2, -0.15) is 20.5 Å². The van der Waals surface area contributed by atoms with Crippen molar-refractivity contribution in [1.29, 1.82) is 0 Å². The zero-order valence-corrected chi connectivity index (χ0v) is 41.4. The van der Waals surface area contributed by atoms with Gasteiger partial charge in [-0.3, -0.25) is 28.8 Å². The predicted octanol–water partition coefficient (Wildman–Crippen LogP) is 11.7. The minimum Gasteiger partial charge on any atom is -0.496 e. The van der Waals surface area contributed by atoms with Crippen molar-refractivity contribution in [3.63, 3.8) is 0 Å². The lowest BCUT2D eigenvalue weighted by Crippen LogP contribution is -2.32. The van der Waals surface area contributed by atoms with Gasteiger partial charge >= 0.3 is 0 Å². The Morgan fingerprint density at radius 2 is 0.986 bits per heavy atom. The molecule has 21 heteroatoms. The largest absolute Gasteiger partial charge is 0.496 e. The summed E-state index contributed by atoms with van der Waals surface area (Å²) in [5, 5.41) is 26.4. The molecular formula is C48H45Cl5N8O8. The highest BCUT2D eigenvalue weighted by molar-refractivity contribution is 6.33. The Balaban J connectivity index is 1.27. The number of halogens is 5. The minimum absolute atomic E-state index is 0.0154. The molecule has 5 rings (SSSR count). The van der Waals surface area contributed by atoms with Crippen LogP contribution in [0.15, 0.2) is 111 Å². The number of alkyl halides is 3. The average Bonchev–Trinajstić information content (AvgIpc) is 3.30. The number of rotatable bonds is 21. The van der Waals surface area contributed by atoms with E-state index < -0.39 is 52.7 Å². The first-order valence-electron chi connectivity index (χ1n) is 20.9. The summed E-state index contributed by atoms with van der Waals surface area (Å²) in [5.41, 5.74) is 3.64. The van der Waals surface area contributed by atoms with Gasteiger partial charge < -0.3 is 30.7 Å². The predicted molar refractivity (Wildman–Crippen MR) is 270 cm³/mol. The maximum atomic E-state index is 13.6. The molecule has 3 unspecified atom stereocenters. The number of carbonyl (C=O) groups excluding carboxylic acids is 6. The van der Waals surface area contributed by atoms with Crippen molar-refractivity contribution in [1.82, 2.24) is 0 Å². The van der Waals surface area contributed by atoms with E-state index in [-0.39, 0.29) is 43.9 Å². The van der Waals surface area contributed by atoms with Crippen LogP contribution in [0.2, 0.25) is 10.0 Å². The number of amides is 4. The lowest BCUT2D eigenvalue weighted by Gasteiger charge is -2.17. The Hall–Kier alpha value is -6.43. The van der Waals surface area contributed by atoms with Crippen molar-refractivity contribution in [2.24, 2.45) is 20.5 Å². The molecule has 4 amide bonds. The molecule has 0 heterocycles. The van der Waals surface area contributed by atoms with E-state index in [4.69, 9.17) is 67.5 Å². The van der Waals surface area contributed by atoms with Gasteiger partial charge in [-0.25, -0.2) is 0 Å². The average molecular weight is 1040 g/mol. The molecule has 360 valence electrons. The van der Waals surface area contributed by atoms with Crippen molar-refractivity contribution in [2.75, 3.05) is 47.2 Å². The third-order valence-electron chi connectivity index (χ3n) is 10.1. The number of ether oxygens (including phenoxy) is 2. The lowest BCUT2D eigenvalue weighted by atomic mass is 10.1. The Morgan fingerprint density at radius 3 is 1.39 bits per heavy atom. The number of azo groups is 2. The van der Waals surface area contributed by atoms with E-state index in [1.54, 1.807) is 43.3 Å². The quantitative estimate of drug-likeness (QED) is 0.0314. The number of aryl methyl sites for hydroxylation is 2. The Kier molecular flexibility index (Phi) is 19.6. The number of carbonyl (C=O) groups is 6. The molecule has 0 aliphatic rings. The molecule has 0 aliphatic carbocycles. The highest BCUT2D eigenvalue weighted by atomic mass is 35.5. The molecule has 3 atom stereocenters. The molecule has 0 saturated heterocycles. The van der Waals surface area contributed by atoms with Crippen LogP contribution in [-0.2, 0) is 32.0 Å². The number of hydrogen-bond donors (Lipinski definition) is 4. The molecule has 4 N–H and O–H groups in total. The van der Waals surface area contributed by atoms with Gasteiger partial charge in [-0.15, -0.1) is 34.8 Å². The van der Waals surface area contributed by atoms with Crippen molar-refractivity contribution in [3.8, 4) is 11.5 Å². The summed E-state index contributed by atoms with van der Waals surface area (Å²) in [6.45, 7) is 3.92. The van der Waals surface area contributed by atoms with Crippen LogP contribution in [0.25, 0.3) is 0 Å². The van der Waals surface area contributed by atoms with Gasteiger partial charge in [0.2, 0.25) is 12.1 Å². The summed E-state index contributed by atoms with van der Waals surface area (Å²) in [6, 6.07) is 19.8. The Morgan fingerprint density at radius 1 is 0.565 bits per heavy atom. The second-order valence-electron chi connectivity index (χ2n) is 15.0. The summed E-state index contributed by atoms with van der Waals surface area (Å²) < 4.78 is 10.7. The normalized spacial score (nSPS) is 12.5. The molecule has 16 nitrogen and oxygen atoms in total. The first kappa shape index (κ1) is 53.5. The lowest BCUT2D eigenvalue weighted by molar-refractivity contribution is -0.127. The van der Waals surface area contributed by atoms with Crippen molar-refractivity contribution >= 4 is 127 Å². The van der Waals surface area contributed by atoms with Gasteiger partial charge in [0.25, 0.3) is 23.6 Å². The van der Waals surface area contributed by atoms with E-state index in [9.17, 15) is 28.8 Å². The second-order valence-corrected chi connectivity index (χ2v) is 17.3. The van der Waals surface area contributed by atoms with Gasteiger partial charge in [-0.1, -0.05) is 23.2 Å². The van der Waals surface area contributed by atoms with Gasteiger partial charge in [0.05, 0.1) is 29.6 Å². The number of methoxy groups -OCH3 is 2. The molecule has 5 aromatic rings. The van der Waals surface area contributed by atoms with Crippen LogP contribution in [0.1, 0.15) is 63.6 Å². The number of anilines is 4. The van der Waals surface area contributed by atoms with E-state index in [0.717, 1.165) is 25.0 Å². The summed E-state index contributed by atoms with van der Waals surface area (Å²) in [5.74, 6) is -2.08. The first-order chi connectivity index (χ1) is 33.0. The van der Waals surface area contributed by atoms with Crippen molar-refractivity contribution < 1.29 is 38.2 Å². The van der Waals surface area contributed by atoms with E-state index in [1.807, 2.05) is 0 Å². The number of benzene rings is 5. The zero-order chi connectivity index (χ0) is 50.4. The topological polar surface area (TPSA) is 218 Å². The maximum absolute atomic E-state index is 13.6. The highest BCUT2D eigenvalue weighted by Crippen LogP contribution is 2.33. The molecule has 0 bridgehead atoms. The van der Waals surface area contributed by atoms with Crippen LogP contribution in [-0.4, -0.2) is 73.3 Å². The van der Waals surface area contributed by atoms with E-state index in [2.05, 4.69) is 41.7 Å². The number of nitrogens with zero attached hydrogens (tertiary/aromatic N) is 4. The first-order valence-corrected chi connectivity index (χ1v) is 23.1. The summed E-state index contributed by atoms with van der Waals surface area (Å²) in [4.78, 5) is 78.9. The fraction of sp³-hybridized carbons (Fsp3) is 0.250. The monoisotopic (exact) mass is 1040 g/mol. The van der Waals surface area contributed by atoms with Gasteiger partial charge in [0.15, 0.2) is 11.6 Å². The van der Waals surface area contributed by atoms with E-state index in [0.29, 0.717) is 53.0 Å². The number of hydrogen-bond acceptors (Lipinski definition) is 12. The van der Waals surface area contributed by atoms with Crippen LogP contribution in [0.3, 0.4) is 0 Å². The fourth-order valence-electron chi connectivity index (χ4n) is 6.55. The number of ketones is 2. The van der Waals surface area contributed by atoms with Crippen LogP contribution in [0.5, 0.6) is 11.5 Å². The van der Waals surface area contributed by atoms with Crippen molar-refractivity contribution in [2.45, 2.75) is 51.1 Å². The smallest absolute Gasteiger partial charge is 0.258 e. The molecule has 5 aromatic carbocycles. The second kappa shape index (κ2) is 25.3. The molecule has 0 fully saturated rings. The van der Waals surface area contributed by atoms with Crippen molar-refractivity contribution in [3.05, 3.63) is 129 Å². The molecule has 0 aromatic heterocycles. The summed E-state index contributed by atoms with van der Waals surface area (Å²) >= 11 is 31.1. The molecule has 0 spiro atoms. The molecule has 0 saturated carbocycles. The zero-order valence-electron chi connectivity index (χ0n) is 37.7. The van der Waals surface area contributed by atoms with Gasteiger partial charge in [0.1, 0.15) is 22.9 Å². The van der Waals surface area contributed by atoms with Gasteiger partial charge in [-0.05, 0) is 141 Å². The molecule has 0 radical (unpaired) electrons. The highest BCUT2D eigenvalue weighted by Gasteiger charge is 2.27. The Bertz CT molecular complexity index is 2820. The van der Waals surface area contributed by atoms with Crippen LogP contribution < -0.4 is 30.7 Å². The molecule has 0 aliphatic heterocycles. The third-order valence-corrected chi connectivity index (χ3v) is 11.3. The molecular weight excluding hydrogens is 994 g/mol. The Labute approximate surface area is 422 Å². The van der Waals surface area contributed by atoms with E-state index in [1.165, 1.54) is 68.8 Å². The SMILES string of the molecule is COc1ccc(NC(=O)c2ccc(Cl)c(N=NC(C(C)=O)C(=O)Nc3ccc(NC(=O)C(N=Nc4cc(C(=O)Nc5ccc(OC)c(CCCl)c5)ccc4Cl)C(C)=O)c(C(C)Cl)c3)c2)cc1CCCl. The van der Waals surface area contributed by atoms with Crippen LogP contribution >= 0.6 is 58.0 Å². The van der Waals surface area contributed by atoms with Crippen LogP contribution in [0.4, 0.5) is 34.1 Å².